The summed E-state index contributed by atoms with van der Waals surface area (Å²) in [4.78, 5) is 26.9. The molecule has 32 heavy (non-hydrogen) atoms. The quantitative estimate of drug-likeness (QED) is 0.599. The smallest absolute Gasteiger partial charge is 0.419 e. The van der Waals surface area contributed by atoms with Crippen molar-refractivity contribution in [1.29, 1.82) is 0 Å². The van der Waals surface area contributed by atoms with Gasteiger partial charge in [-0.15, -0.1) is 0 Å². The van der Waals surface area contributed by atoms with Gasteiger partial charge in [-0.1, -0.05) is 24.3 Å². The Kier molecular flexibility index (Phi) is 5.88. The molecule has 1 aromatic rings. The van der Waals surface area contributed by atoms with Crippen LogP contribution in [0.2, 0.25) is 0 Å². The maximum Gasteiger partial charge on any atom is 0.419 e. The fourth-order valence-corrected chi connectivity index (χ4v) is 4.31. The maximum absolute atomic E-state index is 13.2. The molecule has 10 heteroatoms. The highest BCUT2D eigenvalue weighted by molar-refractivity contribution is 8.18. The normalized spacial score (nSPS) is 20.7. The number of thioether (sulfide) groups is 1. The van der Waals surface area contributed by atoms with E-state index in [0.29, 0.717) is 24.6 Å². The zero-order valence-electron chi connectivity index (χ0n) is 16.3. The van der Waals surface area contributed by atoms with Crippen LogP contribution in [-0.2, 0) is 20.4 Å². The van der Waals surface area contributed by atoms with Gasteiger partial charge in [0.15, 0.2) is 5.76 Å². The van der Waals surface area contributed by atoms with E-state index in [1.807, 2.05) is 12.2 Å². The standard InChI is InChI=1S/C22H16F3NO5S/c23-22(24,25)15-10-13(6-7-16(15)27)11-18-20(28)26(21(29)32-18)19(14-4-2-1-3-5-14)17-12-30-8-9-31-17/h1-2,4,6-12,19,27H,3,5H2. The number of amides is 2. The van der Waals surface area contributed by atoms with E-state index in [0.717, 1.165) is 22.6 Å². The van der Waals surface area contributed by atoms with Crippen molar-refractivity contribution in [3.05, 3.63) is 82.6 Å². The minimum Gasteiger partial charge on any atom is -0.507 e. The van der Waals surface area contributed by atoms with Crippen LogP contribution in [0.1, 0.15) is 24.0 Å². The molecule has 1 saturated heterocycles. The Morgan fingerprint density at radius 3 is 2.69 bits per heavy atom. The van der Waals surface area contributed by atoms with E-state index in [2.05, 4.69) is 0 Å². The van der Waals surface area contributed by atoms with E-state index in [1.54, 1.807) is 6.08 Å². The molecule has 2 heterocycles. The summed E-state index contributed by atoms with van der Waals surface area (Å²) in [5, 5.41) is 8.92. The molecule has 0 bridgehead atoms. The highest BCUT2D eigenvalue weighted by Gasteiger charge is 2.44. The molecule has 0 aromatic heterocycles. The van der Waals surface area contributed by atoms with Gasteiger partial charge in [-0.3, -0.25) is 14.5 Å². The van der Waals surface area contributed by atoms with E-state index in [1.165, 1.54) is 30.9 Å². The molecule has 0 saturated carbocycles. The summed E-state index contributed by atoms with van der Waals surface area (Å²) < 4.78 is 49.9. The summed E-state index contributed by atoms with van der Waals surface area (Å²) in [5.41, 5.74) is -0.450. The Labute approximate surface area is 185 Å². The number of phenols is 1. The number of alkyl halides is 3. The van der Waals surface area contributed by atoms with Gasteiger partial charge in [-0.2, -0.15) is 13.2 Å². The van der Waals surface area contributed by atoms with Crippen LogP contribution >= 0.6 is 11.8 Å². The number of hydrogen-bond acceptors (Lipinski definition) is 6. The molecule has 1 fully saturated rings. The number of imide groups is 1. The lowest BCUT2D eigenvalue weighted by atomic mass is 9.95. The summed E-state index contributed by atoms with van der Waals surface area (Å²) in [5.74, 6) is -1.35. The zero-order chi connectivity index (χ0) is 22.9. The monoisotopic (exact) mass is 463 g/mol. The topological polar surface area (TPSA) is 76.1 Å². The fraction of sp³-hybridized carbons (Fsp3) is 0.182. The molecule has 1 aromatic carbocycles. The Hall–Kier alpha value is -3.40. The highest BCUT2D eigenvalue weighted by atomic mass is 32.2. The Morgan fingerprint density at radius 1 is 1.22 bits per heavy atom. The first-order chi connectivity index (χ1) is 15.3. The van der Waals surface area contributed by atoms with Gasteiger partial charge in [0, 0.05) is 0 Å². The van der Waals surface area contributed by atoms with Crippen molar-refractivity contribution < 1.29 is 37.3 Å². The molecule has 2 amide bonds. The molecule has 0 spiro atoms. The van der Waals surface area contributed by atoms with E-state index < -0.39 is 34.7 Å². The third kappa shape index (κ3) is 4.31. The van der Waals surface area contributed by atoms with Gasteiger partial charge in [-0.05, 0) is 53.9 Å². The molecule has 0 radical (unpaired) electrons. The van der Waals surface area contributed by atoms with E-state index in [9.17, 15) is 27.9 Å². The second-order valence-corrected chi connectivity index (χ2v) is 7.98. The summed E-state index contributed by atoms with van der Waals surface area (Å²) in [7, 11) is 0. The number of rotatable bonds is 4. The van der Waals surface area contributed by atoms with Crippen molar-refractivity contribution in [3.8, 4) is 5.75 Å². The first-order valence-electron chi connectivity index (χ1n) is 9.46. The molecule has 166 valence electrons. The van der Waals surface area contributed by atoms with Crippen molar-refractivity contribution in [2.75, 3.05) is 0 Å². The second-order valence-electron chi connectivity index (χ2n) is 6.98. The van der Waals surface area contributed by atoms with Gasteiger partial charge in [-0.25, -0.2) is 0 Å². The first kappa shape index (κ1) is 21.8. The number of nitrogens with zero attached hydrogens (tertiary/aromatic N) is 1. The van der Waals surface area contributed by atoms with Gasteiger partial charge >= 0.3 is 6.18 Å². The van der Waals surface area contributed by atoms with Gasteiger partial charge < -0.3 is 14.6 Å². The lowest BCUT2D eigenvalue weighted by Gasteiger charge is -2.30. The van der Waals surface area contributed by atoms with Crippen molar-refractivity contribution in [2.45, 2.75) is 25.1 Å². The predicted molar refractivity (Wildman–Crippen MR) is 111 cm³/mol. The van der Waals surface area contributed by atoms with Crippen LogP contribution in [0, 0.1) is 0 Å². The highest BCUT2D eigenvalue weighted by Crippen LogP contribution is 2.40. The number of ether oxygens (including phenoxy) is 2. The number of benzene rings is 1. The van der Waals surface area contributed by atoms with Gasteiger partial charge in [0.2, 0.25) is 0 Å². The summed E-state index contributed by atoms with van der Waals surface area (Å²) in [6.45, 7) is 0. The predicted octanol–water partition coefficient (Wildman–Crippen LogP) is 5.45. The van der Waals surface area contributed by atoms with Gasteiger partial charge in [0.1, 0.15) is 30.6 Å². The molecule has 1 aliphatic carbocycles. The van der Waals surface area contributed by atoms with E-state index >= 15 is 0 Å². The summed E-state index contributed by atoms with van der Waals surface area (Å²) >= 11 is 0.618. The molecule has 1 unspecified atom stereocenters. The maximum atomic E-state index is 13.2. The van der Waals surface area contributed by atoms with Crippen LogP contribution in [0.4, 0.5) is 18.0 Å². The van der Waals surface area contributed by atoms with Gasteiger partial charge in [0.25, 0.3) is 11.1 Å². The first-order valence-corrected chi connectivity index (χ1v) is 10.3. The minimum absolute atomic E-state index is 0.0244. The third-order valence-corrected chi connectivity index (χ3v) is 5.78. The number of carbonyl (C=O) groups excluding carboxylic acids is 2. The van der Waals surface area contributed by atoms with Crippen molar-refractivity contribution in [3.63, 3.8) is 0 Å². The van der Waals surface area contributed by atoms with Crippen LogP contribution < -0.4 is 0 Å². The fourth-order valence-electron chi connectivity index (χ4n) is 3.45. The average molecular weight is 463 g/mol. The lowest BCUT2D eigenvalue weighted by molar-refractivity contribution is -0.138. The lowest BCUT2D eigenvalue weighted by Crippen LogP contribution is -2.42. The summed E-state index contributed by atoms with van der Waals surface area (Å²) in [6, 6.07) is 2.00. The number of halogens is 3. The Morgan fingerprint density at radius 2 is 2.03 bits per heavy atom. The van der Waals surface area contributed by atoms with Crippen LogP contribution in [0.5, 0.6) is 5.75 Å². The number of aromatic hydroxyl groups is 1. The third-order valence-electron chi connectivity index (χ3n) is 4.89. The Bertz CT molecular complexity index is 1120. The molecular weight excluding hydrogens is 447 g/mol. The number of phenolic OH excluding ortho intramolecular Hbond substituents is 1. The molecular formula is C22H16F3NO5S. The van der Waals surface area contributed by atoms with Crippen molar-refractivity contribution in [2.24, 2.45) is 0 Å². The Balaban J connectivity index is 1.69. The number of hydrogen-bond donors (Lipinski definition) is 1. The molecule has 3 aliphatic rings. The molecule has 6 nitrogen and oxygen atoms in total. The van der Waals surface area contributed by atoms with Crippen molar-refractivity contribution >= 4 is 29.0 Å². The van der Waals surface area contributed by atoms with Crippen LogP contribution in [0.25, 0.3) is 6.08 Å². The molecule has 4 rings (SSSR count). The average Bonchev–Trinajstić information content (AvgIpc) is 3.04. The number of carbonyl (C=O) groups is 2. The van der Waals surface area contributed by atoms with Gasteiger partial charge in [0.05, 0.1) is 10.5 Å². The SMILES string of the molecule is O=C1SC(=Cc2ccc(O)c(C(F)(F)F)c2)C(=O)N1C(C1=CC=CCC1)C1=COC=CO1. The minimum atomic E-state index is -4.77. The second kappa shape index (κ2) is 8.62. The van der Waals surface area contributed by atoms with Crippen molar-refractivity contribution in [1.82, 2.24) is 4.90 Å². The van der Waals surface area contributed by atoms with Crippen LogP contribution in [0.15, 0.2) is 71.5 Å². The molecule has 2 aliphatic heterocycles. The van der Waals surface area contributed by atoms with Crippen LogP contribution in [0.3, 0.4) is 0 Å². The van der Waals surface area contributed by atoms with Crippen LogP contribution in [-0.4, -0.2) is 27.2 Å². The van der Waals surface area contributed by atoms with E-state index in [4.69, 9.17) is 9.47 Å². The molecule has 1 N–H and O–H groups in total. The largest absolute Gasteiger partial charge is 0.507 e. The molecule has 1 atom stereocenters. The summed E-state index contributed by atoms with van der Waals surface area (Å²) in [6.07, 6.45) is 7.16. The number of allylic oxidation sites excluding steroid dienone is 3. The zero-order valence-corrected chi connectivity index (χ0v) is 17.2. The van der Waals surface area contributed by atoms with E-state index in [-0.39, 0.29) is 16.2 Å².